The molecule has 0 aliphatic rings. The van der Waals surface area contributed by atoms with Gasteiger partial charge in [0.05, 0.1) is 23.2 Å². The van der Waals surface area contributed by atoms with E-state index in [4.69, 9.17) is 16.3 Å². The fourth-order valence-corrected chi connectivity index (χ4v) is 2.96. The number of nitrogens with zero attached hydrogens (tertiary/aromatic N) is 3. The van der Waals surface area contributed by atoms with Crippen molar-refractivity contribution in [2.24, 2.45) is 7.05 Å². The zero-order valence-corrected chi connectivity index (χ0v) is 13.4. The molecule has 0 radical (unpaired) electrons. The number of rotatable bonds is 2. The molecule has 0 fully saturated rings. The van der Waals surface area contributed by atoms with E-state index < -0.39 is 11.4 Å². The van der Waals surface area contributed by atoms with Gasteiger partial charge in [0.15, 0.2) is 5.82 Å². The molecule has 9 heteroatoms. The first-order valence-corrected chi connectivity index (χ1v) is 7.34. The fraction of sp³-hybridized carbons (Fsp3) is 0.133. The Bertz CT molecular complexity index is 1160. The molecule has 0 bridgehead atoms. The normalized spacial score (nSPS) is 11.5. The summed E-state index contributed by atoms with van der Waals surface area (Å²) < 4.78 is 20.7. The number of imidazole rings is 1. The summed E-state index contributed by atoms with van der Waals surface area (Å²) in [7, 11) is 3.16. The monoisotopic (exact) mass is 347 g/mol. The molecular formula is C15H11ClFN5O2. The molecule has 3 aromatic heterocycles. The van der Waals surface area contributed by atoms with Gasteiger partial charge in [-0.3, -0.25) is 9.48 Å². The van der Waals surface area contributed by atoms with Crippen LogP contribution in [0.5, 0.6) is 5.75 Å². The predicted molar refractivity (Wildman–Crippen MR) is 87.9 cm³/mol. The second kappa shape index (κ2) is 5.07. The Morgan fingerprint density at radius 3 is 2.79 bits per heavy atom. The van der Waals surface area contributed by atoms with E-state index in [1.54, 1.807) is 24.0 Å². The number of aromatic amines is 2. The minimum Gasteiger partial charge on any atom is -0.497 e. The maximum Gasteiger partial charge on any atom is 0.261 e. The lowest BCUT2D eigenvalue weighted by Crippen LogP contribution is -2.10. The number of ether oxygens (including phenoxy) is 1. The molecule has 0 aliphatic heterocycles. The van der Waals surface area contributed by atoms with E-state index in [0.717, 1.165) is 0 Å². The standard InChI is InChI=1S/C15H11ClFN5O2/c1-22-5-9-13(21-22)11(16)10(15(23)19-9)14-18-8-4-6(24-2)3-7(17)12(8)20-14/h3-5H,1-2H3,(H,18,20)(H,19,23). The van der Waals surface area contributed by atoms with Crippen molar-refractivity contribution in [3.8, 4) is 17.1 Å². The minimum absolute atomic E-state index is 0.0994. The number of aryl methyl sites for hydroxylation is 1. The third-order valence-electron chi connectivity index (χ3n) is 3.72. The van der Waals surface area contributed by atoms with Crippen LogP contribution in [0.2, 0.25) is 5.02 Å². The maximum atomic E-state index is 14.1. The summed E-state index contributed by atoms with van der Waals surface area (Å²) >= 11 is 6.35. The average molecular weight is 348 g/mol. The van der Waals surface area contributed by atoms with Gasteiger partial charge in [-0.25, -0.2) is 9.37 Å². The van der Waals surface area contributed by atoms with Gasteiger partial charge in [0.25, 0.3) is 5.56 Å². The van der Waals surface area contributed by atoms with Crippen LogP contribution >= 0.6 is 11.6 Å². The number of benzene rings is 1. The summed E-state index contributed by atoms with van der Waals surface area (Å²) in [6.07, 6.45) is 1.65. The number of hydrogen-bond acceptors (Lipinski definition) is 4. The Morgan fingerprint density at radius 1 is 1.25 bits per heavy atom. The largest absolute Gasteiger partial charge is 0.497 e. The topological polar surface area (TPSA) is 88.6 Å². The molecule has 3 heterocycles. The van der Waals surface area contributed by atoms with Gasteiger partial charge in [-0.2, -0.15) is 5.10 Å². The third kappa shape index (κ3) is 2.07. The summed E-state index contributed by atoms with van der Waals surface area (Å²) in [5.41, 5.74) is 1.12. The molecule has 2 N–H and O–H groups in total. The van der Waals surface area contributed by atoms with Crippen LogP contribution in [0.25, 0.3) is 33.5 Å². The summed E-state index contributed by atoms with van der Waals surface area (Å²) in [6.45, 7) is 0. The van der Waals surface area contributed by atoms with Gasteiger partial charge in [0, 0.05) is 25.4 Å². The van der Waals surface area contributed by atoms with Gasteiger partial charge < -0.3 is 14.7 Å². The second-order valence-corrected chi connectivity index (χ2v) is 5.68. The van der Waals surface area contributed by atoms with E-state index in [2.05, 4.69) is 20.1 Å². The average Bonchev–Trinajstić information content (AvgIpc) is 3.10. The number of halogens is 2. The number of H-pyrrole nitrogens is 2. The summed E-state index contributed by atoms with van der Waals surface area (Å²) in [5, 5.41) is 4.37. The van der Waals surface area contributed by atoms with Crippen molar-refractivity contribution in [3.05, 3.63) is 39.5 Å². The van der Waals surface area contributed by atoms with Crippen LogP contribution in [0, 0.1) is 5.82 Å². The first kappa shape index (κ1) is 14.7. The molecule has 0 aliphatic carbocycles. The van der Waals surface area contributed by atoms with Crippen molar-refractivity contribution in [1.82, 2.24) is 24.7 Å². The molecular weight excluding hydrogens is 337 g/mol. The van der Waals surface area contributed by atoms with Crippen LogP contribution in [0.1, 0.15) is 0 Å². The van der Waals surface area contributed by atoms with E-state index >= 15 is 0 Å². The minimum atomic E-state index is -0.557. The van der Waals surface area contributed by atoms with E-state index in [1.807, 2.05) is 0 Å². The van der Waals surface area contributed by atoms with Crippen molar-refractivity contribution in [1.29, 1.82) is 0 Å². The Hall–Kier alpha value is -2.87. The lowest BCUT2D eigenvalue weighted by Gasteiger charge is -2.00. The van der Waals surface area contributed by atoms with Crippen molar-refractivity contribution < 1.29 is 9.13 Å². The molecule has 7 nitrogen and oxygen atoms in total. The Morgan fingerprint density at radius 2 is 2.04 bits per heavy atom. The molecule has 0 saturated heterocycles. The zero-order valence-electron chi connectivity index (χ0n) is 12.6. The van der Waals surface area contributed by atoms with Crippen molar-refractivity contribution in [2.45, 2.75) is 0 Å². The SMILES string of the molecule is COc1cc(F)c2nc(-c3c(Cl)c4nn(C)cc4[nH]c3=O)[nH]c2c1. The van der Waals surface area contributed by atoms with Gasteiger partial charge in [0.1, 0.15) is 28.2 Å². The Balaban J connectivity index is 2.02. The van der Waals surface area contributed by atoms with Crippen LogP contribution in [0.15, 0.2) is 23.1 Å². The highest BCUT2D eigenvalue weighted by Crippen LogP contribution is 2.31. The van der Waals surface area contributed by atoms with Gasteiger partial charge in [-0.05, 0) is 0 Å². The van der Waals surface area contributed by atoms with Gasteiger partial charge in [0.2, 0.25) is 0 Å². The molecule has 0 spiro atoms. The molecule has 4 aromatic rings. The molecule has 122 valence electrons. The van der Waals surface area contributed by atoms with Gasteiger partial charge in [-0.1, -0.05) is 11.6 Å². The van der Waals surface area contributed by atoms with Crippen molar-refractivity contribution in [3.63, 3.8) is 0 Å². The lowest BCUT2D eigenvalue weighted by molar-refractivity contribution is 0.412. The van der Waals surface area contributed by atoms with Crippen molar-refractivity contribution in [2.75, 3.05) is 7.11 Å². The fourth-order valence-electron chi connectivity index (χ4n) is 2.64. The number of methoxy groups -OCH3 is 1. The number of hydrogen-bond donors (Lipinski definition) is 2. The van der Waals surface area contributed by atoms with Crippen LogP contribution in [0.3, 0.4) is 0 Å². The van der Waals surface area contributed by atoms with Crippen molar-refractivity contribution >= 4 is 33.7 Å². The zero-order chi connectivity index (χ0) is 17.0. The highest BCUT2D eigenvalue weighted by molar-refractivity contribution is 6.37. The van der Waals surface area contributed by atoms with Crippen LogP contribution in [-0.2, 0) is 7.05 Å². The van der Waals surface area contributed by atoms with Crippen LogP contribution in [0.4, 0.5) is 4.39 Å². The number of fused-ring (bicyclic) bond motifs is 2. The lowest BCUT2D eigenvalue weighted by atomic mass is 10.2. The van der Waals surface area contributed by atoms with Crippen LogP contribution < -0.4 is 10.3 Å². The van der Waals surface area contributed by atoms with E-state index in [9.17, 15) is 9.18 Å². The highest BCUT2D eigenvalue weighted by Gasteiger charge is 2.19. The smallest absolute Gasteiger partial charge is 0.261 e. The number of nitrogens with one attached hydrogen (secondary N) is 2. The van der Waals surface area contributed by atoms with Crippen LogP contribution in [-0.4, -0.2) is 31.8 Å². The van der Waals surface area contributed by atoms with Gasteiger partial charge in [-0.15, -0.1) is 0 Å². The molecule has 0 atom stereocenters. The molecule has 1 aromatic carbocycles. The molecule has 4 rings (SSSR count). The first-order chi connectivity index (χ1) is 11.5. The number of pyridine rings is 1. The Labute approximate surface area is 139 Å². The molecule has 0 saturated carbocycles. The van der Waals surface area contributed by atoms with E-state index in [1.165, 1.54) is 13.2 Å². The summed E-state index contributed by atoms with van der Waals surface area (Å²) in [6, 6.07) is 2.82. The predicted octanol–water partition coefficient (Wildman–Crippen LogP) is 2.61. The second-order valence-electron chi connectivity index (χ2n) is 5.30. The quantitative estimate of drug-likeness (QED) is 0.583. The van der Waals surface area contributed by atoms with E-state index in [0.29, 0.717) is 22.3 Å². The molecule has 0 unspecified atom stereocenters. The number of aromatic nitrogens is 5. The summed E-state index contributed by atoms with van der Waals surface area (Å²) in [5.74, 6) is -0.0512. The third-order valence-corrected chi connectivity index (χ3v) is 4.09. The molecule has 0 amide bonds. The summed E-state index contributed by atoms with van der Waals surface area (Å²) in [4.78, 5) is 22.2. The maximum absolute atomic E-state index is 14.1. The first-order valence-electron chi connectivity index (χ1n) is 6.96. The van der Waals surface area contributed by atoms with Gasteiger partial charge >= 0.3 is 0 Å². The highest BCUT2D eigenvalue weighted by atomic mass is 35.5. The van der Waals surface area contributed by atoms with E-state index in [-0.39, 0.29) is 21.9 Å². The molecule has 24 heavy (non-hydrogen) atoms. The Kier molecular flexibility index (Phi) is 3.10.